The number of halogens is 1. The van der Waals surface area contributed by atoms with Crippen LogP contribution in [0.15, 0.2) is 24.3 Å². The second-order valence-corrected chi connectivity index (χ2v) is 6.62. The Morgan fingerprint density at radius 2 is 1.45 bits per heavy atom. The van der Waals surface area contributed by atoms with Crippen LogP contribution in [0.4, 0.5) is 0 Å². The van der Waals surface area contributed by atoms with Gasteiger partial charge >= 0.3 is 0 Å². The molecular weight excluding hydrogens is 294 g/mol. The Morgan fingerprint density at radius 3 is 1.91 bits per heavy atom. The molecule has 1 aromatic carbocycles. The number of hydrogen-bond donors (Lipinski definition) is 1. The second kappa shape index (κ2) is 11.0. The lowest BCUT2D eigenvalue weighted by atomic mass is 10.0. The highest BCUT2D eigenvalue weighted by atomic mass is 35.5. The van der Waals surface area contributed by atoms with Gasteiger partial charge in [-0.1, -0.05) is 63.3 Å². The van der Waals surface area contributed by atoms with Crippen molar-refractivity contribution in [2.75, 3.05) is 13.1 Å². The normalized spacial score (nSPS) is 14.3. The SMILES string of the molecule is CCCCCN(CCCCC)[C@H](C)[C@H](O)c1ccc(Cl)cc1. The van der Waals surface area contributed by atoms with E-state index in [1.807, 2.05) is 24.3 Å². The van der Waals surface area contributed by atoms with Gasteiger partial charge < -0.3 is 5.11 Å². The zero-order valence-electron chi connectivity index (χ0n) is 14.4. The van der Waals surface area contributed by atoms with Crippen LogP contribution in [0, 0.1) is 0 Å². The third kappa shape index (κ3) is 6.68. The number of rotatable bonds is 11. The van der Waals surface area contributed by atoms with Crippen molar-refractivity contribution >= 4 is 11.6 Å². The molecule has 0 saturated heterocycles. The number of aliphatic hydroxyl groups excluding tert-OH is 1. The molecule has 0 unspecified atom stereocenters. The highest BCUT2D eigenvalue weighted by Gasteiger charge is 2.22. The first-order valence-corrected chi connectivity index (χ1v) is 9.15. The van der Waals surface area contributed by atoms with Crippen molar-refractivity contribution in [1.82, 2.24) is 4.90 Å². The third-order valence-electron chi connectivity index (χ3n) is 4.34. The number of nitrogens with zero attached hydrogens (tertiary/aromatic N) is 1. The summed E-state index contributed by atoms with van der Waals surface area (Å²) in [5, 5.41) is 11.4. The van der Waals surface area contributed by atoms with Crippen LogP contribution in [-0.4, -0.2) is 29.1 Å². The Bertz CT molecular complexity index is 383. The molecule has 0 aromatic heterocycles. The molecule has 1 aromatic rings. The molecular formula is C19H32ClNO. The van der Waals surface area contributed by atoms with Crippen LogP contribution >= 0.6 is 11.6 Å². The first-order chi connectivity index (χ1) is 10.6. The summed E-state index contributed by atoms with van der Waals surface area (Å²) in [6.07, 6.45) is 6.94. The standard InChI is InChI=1S/C19H32ClNO/c1-4-6-8-14-21(15-9-7-5-2)16(3)19(22)17-10-12-18(20)13-11-17/h10-13,16,19,22H,4-9,14-15H2,1-3H3/t16-,19+/m1/s1. The Balaban J connectivity index is 2.66. The highest BCUT2D eigenvalue weighted by Crippen LogP contribution is 2.23. The molecule has 0 radical (unpaired) electrons. The quantitative estimate of drug-likeness (QED) is 0.547. The van der Waals surface area contributed by atoms with E-state index in [0.29, 0.717) is 5.02 Å². The van der Waals surface area contributed by atoms with Gasteiger partial charge in [0, 0.05) is 11.1 Å². The molecule has 0 aliphatic heterocycles. The van der Waals surface area contributed by atoms with Gasteiger partial charge in [-0.3, -0.25) is 4.90 Å². The van der Waals surface area contributed by atoms with E-state index < -0.39 is 6.10 Å². The number of unbranched alkanes of at least 4 members (excludes halogenated alkanes) is 4. The van der Waals surface area contributed by atoms with Crippen molar-refractivity contribution in [3.8, 4) is 0 Å². The van der Waals surface area contributed by atoms with Crippen LogP contribution in [0.25, 0.3) is 0 Å². The van der Waals surface area contributed by atoms with Crippen LogP contribution in [0.5, 0.6) is 0 Å². The minimum Gasteiger partial charge on any atom is -0.387 e. The third-order valence-corrected chi connectivity index (χ3v) is 4.59. The van der Waals surface area contributed by atoms with Gasteiger partial charge in [0.25, 0.3) is 0 Å². The monoisotopic (exact) mass is 325 g/mol. The molecule has 126 valence electrons. The van der Waals surface area contributed by atoms with E-state index in [1.165, 1.54) is 38.5 Å². The van der Waals surface area contributed by atoms with Gasteiger partial charge in [-0.25, -0.2) is 0 Å². The Morgan fingerprint density at radius 1 is 0.955 bits per heavy atom. The van der Waals surface area contributed by atoms with E-state index in [1.54, 1.807) is 0 Å². The zero-order chi connectivity index (χ0) is 16.4. The zero-order valence-corrected chi connectivity index (χ0v) is 15.1. The molecule has 0 saturated carbocycles. The molecule has 3 heteroatoms. The summed E-state index contributed by atoms with van der Waals surface area (Å²) in [5.74, 6) is 0. The maximum Gasteiger partial charge on any atom is 0.0942 e. The fraction of sp³-hybridized carbons (Fsp3) is 0.684. The summed E-state index contributed by atoms with van der Waals surface area (Å²) in [6, 6.07) is 7.70. The van der Waals surface area contributed by atoms with Gasteiger partial charge in [0.2, 0.25) is 0 Å². The molecule has 1 N–H and O–H groups in total. The Kier molecular flexibility index (Phi) is 9.77. The molecule has 0 amide bonds. The molecule has 1 rings (SSSR count). The molecule has 0 aliphatic rings. The summed E-state index contributed by atoms with van der Waals surface area (Å²) in [7, 11) is 0. The van der Waals surface area contributed by atoms with E-state index in [2.05, 4.69) is 25.7 Å². The number of benzene rings is 1. The molecule has 2 nitrogen and oxygen atoms in total. The van der Waals surface area contributed by atoms with Crippen LogP contribution in [0.3, 0.4) is 0 Å². The van der Waals surface area contributed by atoms with Crippen LogP contribution in [0.1, 0.15) is 71.0 Å². The average molecular weight is 326 g/mol. The minimum absolute atomic E-state index is 0.134. The summed E-state index contributed by atoms with van der Waals surface area (Å²) >= 11 is 5.94. The predicted octanol–water partition coefficient (Wildman–Crippen LogP) is 5.44. The van der Waals surface area contributed by atoms with Crippen molar-refractivity contribution in [3.63, 3.8) is 0 Å². The maximum absolute atomic E-state index is 10.7. The van der Waals surface area contributed by atoms with Crippen molar-refractivity contribution in [2.24, 2.45) is 0 Å². The number of aliphatic hydroxyl groups is 1. The van der Waals surface area contributed by atoms with Crippen molar-refractivity contribution in [2.45, 2.75) is 71.4 Å². The molecule has 0 aliphatic carbocycles. The van der Waals surface area contributed by atoms with E-state index >= 15 is 0 Å². The van der Waals surface area contributed by atoms with Crippen LogP contribution < -0.4 is 0 Å². The van der Waals surface area contributed by atoms with E-state index in [4.69, 9.17) is 11.6 Å². The first-order valence-electron chi connectivity index (χ1n) is 8.77. The fourth-order valence-electron chi connectivity index (χ4n) is 2.79. The lowest BCUT2D eigenvalue weighted by Crippen LogP contribution is -2.39. The maximum atomic E-state index is 10.7. The van der Waals surface area contributed by atoms with E-state index in [9.17, 15) is 5.11 Å². The fourth-order valence-corrected chi connectivity index (χ4v) is 2.91. The van der Waals surface area contributed by atoms with Crippen molar-refractivity contribution in [3.05, 3.63) is 34.9 Å². The predicted molar refractivity (Wildman–Crippen MR) is 96.5 cm³/mol. The average Bonchev–Trinajstić information content (AvgIpc) is 2.53. The van der Waals surface area contributed by atoms with Gasteiger partial charge in [0.1, 0.15) is 0 Å². The van der Waals surface area contributed by atoms with E-state index in [0.717, 1.165) is 18.7 Å². The van der Waals surface area contributed by atoms with Gasteiger partial charge in [0.15, 0.2) is 0 Å². The minimum atomic E-state index is -0.458. The van der Waals surface area contributed by atoms with Crippen molar-refractivity contribution in [1.29, 1.82) is 0 Å². The summed E-state index contributed by atoms with van der Waals surface area (Å²) in [5.41, 5.74) is 0.952. The lowest BCUT2D eigenvalue weighted by Gasteiger charge is -2.32. The van der Waals surface area contributed by atoms with E-state index in [-0.39, 0.29) is 6.04 Å². The summed E-state index contributed by atoms with van der Waals surface area (Å²) < 4.78 is 0. The molecule has 0 heterocycles. The Hall–Kier alpha value is -0.570. The second-order valence-electron chi connectivity index (χ2n) is 6.19. The molecule has 0 bridgehead atoms. The molecule has 2 atom stereocenters. The summed E-state index contributed by atoms with van der Waals surface area (Å²) in [4.78, 5) is 2.45. The van der Waals surface area contributed by atoms with Gasteiger partial charge in [-0.2, -0.15) is 0 Å². The topological polar surface area (TPSA) is 23.5 Å². The van der Waals surface area contributed by atoms with Crippen LogP contribution in [-0.2, 0) is 0 Å². The van der Waals surface area contributed by atoms with Gasteiger partial charge in [-0.05, 0) is 50.6 Å². The van der Waals surface area contributed by atoms with Gasteiger partial charge in [-0.15, -0.1) is 0 Å². The molecule has 22 heavy (non-hydrogen) atoms. The van der Waals surface area contributed by atoms with Crippen molar-refractivity contribution < 1.29 is 5.11 Å². The smallest absolute Gasteiger partial charge is 0.0942 e. The number of hydrogen-bond acceptors (Lipinski definition) is 2. The van der Waals surface area contributed by atoms with Crippen LogP contribution in [0.2, 0.25) is 5.02 Å². The lowest BCUT2D eigenvalue weighted by molar-refractivity contribution is 0.0556. The Labute approximate surface area is 141 Å². The molecule has 0 spiro atoms. The largest absolute Gasteiger partial charge is 0.387 e. The van der Waals surface area contributed by atoms with Gasteiger partial charge in [0.05, 0.1) is 6.10 Å². The first kappa shape index (κ1) is 19.5. The molecule has 0 fully saturated rings. The highest BCUT2D eigenvalue weighted by molar-refractivity contribution is 6.30. The summed E-state index contributed by atoms with van der Waals surface area (Å²) in [6.45, 7) is 8.74.